The maximum absolute atomic E-state index is 12.5. The molecule has 4 nitrogen and oxygen atoms in total. The van der Waals surface area contributed by atoms with Crippen LogP contribution < -0.4 is 5.32 Å². The van der Waals surface area contributed by atoms with Gasteiger partial charge in [-0.15, -0.1) is 4.40 Å². The minimum atomic E-state index is -3.75. The van der Waals surface area contributed by atoms with Gasteiger partial charge in [0, 0.05) is 16.3 Å². The van der Waals surface area contributed by atoms with E-state index < -0.39 is 10.0 Å². The summed E-state index contributed by atoms with van der Waals surface area (Å²) in [5.41, 5.74) is 4.13. The molecule has 0 aliphatic carbocycles. The van der Waals surface area contributed by atoms with Crippen molar-refractivity contribution in [2.45, 2.75) is 20.8 Å². The van der Waals surface area contributed by atoms with Crippen molar-refractivity contribution in [1.29, 1.82) is 0 Å². The lowest BCUT2D eigenvalue weighted by Crippen LogP contribution is -2.12. The van der Waals surface area contributed by atoms with Gasteiger partial charge >= 0.3 is 0 Å². The number of aryl methyl sites for hydroxylation is 2. The predicted octanol–water partition coefficient (Wildman–Crippen LogP) is 4.54. The summed E-state index contributed by atoms with van der Waals surface area (Å²) in [5.74, 6) is 0.344. The lowest BCUT2D eigenvalue weighted by atomic mass is 10.1. The lowest BCUT2D eigenvalue weighted by molar-refractivity contribution is 0.608. The molecule has 2 aromatic carbocycles. The fourth-order valence-corrected chi connectivity index (χ4v) is 4.34. The van der Waals surface area contributed by atoms with Crippen LogP contribution in [0.15, 0.2) is 52.4 Å². The molecule has 1 aliphatic rings. The molecule has 0 saturated carbocycles. The minimum Gasteiger partial charge on any atom is -0.339 e. The summed E-state index contributed by atoms with van der Waals surface area (Å²) in [5, 5.41) is 3.62. The number of nitrogens with one attached hydrogen (secondary N) is 1. The number of nitrogens with zero attached hydrogens (tertiary/aromatic N) is 1. The first kappa shape index (κ1) is 16.7. The summed E-state index contributed by atoms with van der Waals surface area (Å²) < 4.78 is 28.9. The van der Waals surface area contributed by atoms with E-state index in [0.717, 1.165) is 16.8 Å². The third-order valence-electron chi connectivity index (χ3n) is 3.89. The van der Waals surface area contributed by atoms with Crippen LogP contribution in [0.4, 0.5) is 5.69 Å². The van der Waals surface area contributed by atoms with Gasteiger partial charge in [-0.3, -0.25) is 0 Å². The Kier molecular flexibility index (Phi) is 4.24. The zero-order chi connectivity index (χ0) is 17.5. The number of benzene rings is 2. The molecule has 0 unspecified atom stereocenters. The predicted molar refractivity (Wildman–Crippen MR) is 99.9 cm³/mol. The van der Waals surface area contributed by atoms with E-state index in [-0.39, 0.29) is 4.91 Å². The van der Waals surface area contributed by atoms with Crippen LogP contribution in [-0.4, -0.2) is 14.3 Å². The standard InChI is InChI=1S/C18H17ClN2O2S/c1-11-7-8-16(12(2)9-11)20-18-13(3)17(24(22,23)21-18)14-5-4-6-15(19)10-14/h4-10H,1-3H3,(H,20,21). The molecule has 2 aromatic rings. The Morgan fingerprint density at radius 3 is 2.46 bits per heavy atom. The van der Waals surface area contributed by atoms with Gasteiger partial charge in [0.1, 0.15) is 10.7 Å². The van der Waals surface area contributed by atoms with Gasteiger partial charge in [0.2, 0.25) is 0 Å². The van der Waals surface area contributed by atoms with Crippen LogP contribution in [0.5, 0.6) is 0 Å². The molecule has 1 N–H and O–H groups in total. The smallest absolute Gasteiger partial charge is 0.285 e. The van der Waals surface area contributed by atoms with Crippen LogP contribution in [0.3, 0.4) is 0 Å². The van der Waals surface area contributed by atoms with E-state index in [9.17, 15) is 8.42 Å². The number of halogens is 1. The normalized spacial score (nSPS) is 16.2. The summed E-state index contributed by atoms with van der Waals surface area (Å²) >= 11 is 6.00. The topological polar surface area (TPSA) is 58.5 Å². The number of hydrogen-bond donors (Lipinski definition) is 1. The summed E-state index contributed by atoms with van der Waals surface area (Å²) in [6.07, 6.45) is 0. The van der Waals surface area contributed by atoms with Crippen LogP contribution in [0, 0.1) is 13.8 Å². The fourth-order valence-electron chi connectivity index (χ4n) is 2.73. The van der Waals surface area contributed by atoms with Gasteiger partial charge in [-0.2, -0.15) is 8.42 Å². The molecule has 0 amide bonds. The van der Waals surface area contributed by atoms with Crippen molar-refractivity contribution < 1.29 is 8.42 Å². The Hall–Kier alpha value is -2.11. The molecule has 0 fully saturated rings. The minimum absolute atomic E-state index is 0.192. The van der Waals surface area contributed by atoms with Crippen LogP contribution in [0.1, 0.15) is 23.6 Å². The number of amidine groups is 1. The van der Waals surface area contributed by atoms with Gasteiger partial charge in [-0.05, 0) is 50.1 Å². The van der Waals surface area contributed by atoms with E-state index in [1.165, 1.54) is 0 Å². The summed E-state index contributed by atoms with van der Waals surface area (Å²) in [4.78, 5) is 0.192. The third kappa shape index (κ3) is 3.09. The Balaban J connectivity index is 2.04. The Bertz CT molecular complexity index is 992. The van der Waals surface area contributed by atoms with Gasteiger partial charge < -0.3 is 5.32 Å². The van der Waals surface area contributed by atoms with E-state index in [1.54, 1.807) is 31.2 Å². The molecule has 0 spiro atoms. The largest absolute Gasteiger partial charge is 0.339 e. The Morgan fingerprint density at radius 1 is 1.04 bits per heavy atom. The van der Waals surface area contributed by atoms with Crippen molar-refractivity contribution in [1.82, 2.24) is 0 Å². The maximum Gasteiger partial charge on any atom is 0.285 e. The zero-order valence-electron chi connectivity index (χ0n) is 13.6. The van der Waals surface area contributed by atoms with E-state index in [1.807, 2.05) is 32.0 Å². The first-order valence-electron chi connectivity index (χ1n) is 7.44. The van der Waals surface area contributed by atoms with E-state index in [0.29, 0.717) is 22.0 Å². The molecule has 124 valence electrons. The van der Waals surface area contributed by atoms with Crippen molar-refractivity contribution in [3.8, 4) is 0 Å². The molecule has 3 rings (SSSR count). The number of hydrogen-bond acceptors (Lipinski definition) is 3. The molecule has 1 aliphatic heterocycles. The number of sulfonamides is 1. The number of rotatable bonds is 2. The van der Waals surface area contributed by atoms with Crippen molar-refractivity contribution in [3.05, 3.63) is 69.8 Å². The Labute approximate surface area is 146 Å². The van der Waals surface area contributed by atoms with Gasteiger partial charge in [0.15, 0.2) is 0 Å². The molecule has 0 bridgehead atoms. The Morgan fingerprint density at radius 2 is 1.79 bits per heavy atom. The molecule has 0 saturated heterocycles. The highest BCUT2D eigenvalue weighted by atomic mass is 35.5. The molecule has 0 aromatic heterocycles. The van der Waals surface area contributed by atoms with Gasteiger partial charge in [-0.25, -0.2) is 0 Å². The highest BCUT2D eigenvalue weighted by Crippen LogP contribution is 2.34. The van der Waals surface area contributed by atoms with Crippen LogP contribution in [0.25, 0.3) is 4.91 Å². The molecular weight excluding hydrogens is 344 g/mol. The molecule has 0 radical (unpaired) electrons. The molecule has 24 heavy (non-hydrogen) atoms. The van der Waals surface area contributed by atoms with E-state index in [2.05, 4.69) is 9.71 Å². The van der Waals surface area contributed by atoms with Crippen molar-refractivity contribution in [3.63, 3.8) is 0 Å². The lowest BCUT2D eigenvalue weighted by Gasteiger charge is -2.10. The monoisotopic (exact) mass is 360 g/mol. The molecule has 0 atom stereocenters. The third-order valence-corrected chi connectivity index (χ3v) is 5.60. The summed E-state index contributed by atoms with van der Waals surface area (Å²) in [6.45, 7) is 5.73. The second-order valence-corrected chi connectivity index (χ2v) is 7.80. The SMILES string of the molecule is CC1=C(c2cccc(Cl)c2)S(=O)(=O)N=C1Nc1ccc(C)cc1C. The summed E-state index contributed by atoms with van der Waals surface area (Å²) in [6, 6.07) is 12.7. The van der Waals surface area contributed by atoms with Crippen LogP contribution in [-0.2, 0) is 10.0 Å². The first-order chi connectivity index (χ1) is 11.3. The molecule has 6 heteroatoms. The van der Waals surface area contributed by atoms with Crippen molar-refractivity contribution in [2.75, 3.05) is 5.32 Å². The maximum atomic E-state index is 12.5. The molecular formula is C18H17ClN2O2S. The quantitative estimate of drug-likeness (QED) is 0.855. The van der Waals surface area contributed by atoms with Crippen molar-refractivity contribution >= 4 is 38.1 Å². The fraction of sp³-hybridized carbons (Fsp3) is 0.167. The van der Waals surface area contributed by atoms with Crippen LogP contribution in [0.2, 0.25) is 5.02 Å². The zero-order valence-corrected chi connectivity index (χ0v) is 15.2. The van der Waals surface area contributed by atoms with E-state index in [4.69, 9.17) is 11.6 Å². The first-order valence-corrected chi connectivity index (χ1v) is 9.26. The van der Waals surface area contributed by atoms with Crippen LogP contribution >= 0.6 is 11.6 Å². The van der Waals surface area contributed by atoms with Gasteiger partial charge in [0.25, 0.3) is 10.0 Å². The second-order valence-electron chi connectivity index (χ2n) is 5.82. The van der Waals surface area contributed by atoms with Gasteiger partial charge in [-0.1, -0.05) is 41.4 Å². The second kappa shape index (κ2) is 6.07. The van der Waals surface area contributed by atoms with Crippen molar-refractivity contribution in [2.24, 2.45) is 4.40 Å². The molecule has 1 heterocycles. The van der Waals surface area contributed by atoms with E-state index >= 15 is 0 Å². The average Bonchev–Trinajstić information content (AvgIpc) is 2.71. The summed E-state index contributed by atoms with van der Waals surface area (Å²) in [7, 11) is -3.75. The average molecular weight is 361 g/mol. The highest BCUT2D eigenvalue weighted by Gasteiger charge is 2.31. The van der Waals surface area contributed by atoms with Gasteiger partial charge in [0.05, 0.1) is 0 Å². The number of anilines is 1. The highest BCUT2D eigenvalue weighted by molar-refractivity contribution is 8.00.